The van der Waals surface area contributed by atoms with E-state index in [0.717, 1.165) is 24.0 Å². The van der Waals surface area contributed by atoms with Crippen molar-refractivity contribution in [2.24, 2.45) is 5.92 Å². The van der Waals surface area contributed by atoms with E-state index in [1.54, 1.807) is 17.0 Å². The lowest BCUT2D eigenvalue weighted by Crippen LogP contribution is -2.51. The van der Waals surface area contributed by atoms with Crippen molar-refractivity contribution in [3.8, 4) is 0 Å². The number of nitrogens with one attached hydrogen (secondary N) is 2. The molecule has 0 bridgehead atoms. The van der Waals surface area contributed by atoms with Crippen LogP contribution in [0.5, 0.6) is 0 Å². The third-order valence-electron chi connectivity index (χ3n) is 4.73. The first-order valence-corrected chi connectivity index (χ1v) is 10.6. The average Bonchev–Trinajstić information content (AvgIpc) is 2.54. The maximum absolute atomic E-state index is 12.5. The Balaban J connectivity index is 1.86. The van der Waals surface area contributed by atoms with Gasteiger partial charge in [-0.15, -0.1) is 0 Å². The minimum atomic E-state index is -3.50. The second kappa shape index (κ2) is 7.96. The molecule has 6 nitrogen and oxygen atoms in total. The highest BCUT2D eigenvalue weighted by molar-refractivity contribution is 7.89. The second-order valence-corrected chi connectivity index (χ2v) is 9.98. The van der Waals surface area contributed by atoms with Crippen LogP contribution in [0.2, 0.25) is 0 Å². The third-order valence-corrected chi connectivity index (χ3v) is 6.16. The molecule has 1 heterocycles. The Kier molecular flexibility index (Phi) is 6.34. The Hall–Kier alpha value is -1.60. The lowest BCUT2D eigenvalue weighted by atomic mass is 9.97. The molecule has 0 unspecified atom stereocenters. The van der Waals surface area contributed by atoms with E-state index in [1.807, 2.05) is 40.7 Å². The summed E-state index contributed by atoms with van der Waals surface area (Å²) in [6.45, 7) is 11.5. The van der Waals surface area contributed by atoms with Crippen molar-refractivity contribution in [2.45, 2.75) is 57.9 Å². The van der Waals surface area contributed by atoms with Gasteiger partial charge in [0.25, 0.3) is 0 Å². The van der Waals surface area contributed by atoms with Crippen LogP contribution in [-0.4, -0.2) is 44.5 Å². The van der Waals surface area contributed by atoms with Crippen molar-refractivity contribution in [2.75, 3.05) is 19.6 Å². The van der Waals surface area contributed by atoms with Crippen LogP contribution in [-0.2, 0) is 10.0 Å². The van der Waals surface area contributed by atoms with Gasteiger partial charge in [0.15, 0.2) is 0 Å². The smallest absolute Gasteiger partial charge is 0.317 e. The van der Waals surface area contributed by atoms with Crippen molar-refractivity contribution >= 4 is 16.1 Å². The van der Waals surface area contributed by atoms with Crippen LogP contribution >= 0.6 is 0 Å². The molecule has 0 aromatic heterocycles. The lowest BCUT2D eigenvalue weighted by molar-refractivity contribution is 0.163. The van der Waals surface area contributed by atoms with Crippen LogP contribution in [0.15, 0.2) is 23.1 Å². The Morgan fingerprint density at radius 2 is 1.77 bits per heavy atom. The molecule has 1 aliphatic rings. The topological polar surface area (TPSA) is 78.5 Å². The predicted octanol–water partition coefficient (Wildman–Crippen LogP) is 2.80. The molecule has 2 rings (SSSR count). The van der Waals surface area contributed by atoms with Crippen LogP contribution < -0.4 is 10.0 Å². The minimum absolute atomic E-state index is 0.0494. The maximum Gasteiger partial charge on any atom is 0.317 e. The summed E-state index contributed by atoms with van der Waals surface area (Å²) in [7, 11) is -3.50. The monoisotopic (exact) mass is 381 g/mol. The van der Waals surface area contributed by atoms with Gasteiger partial charge in [-0.1, -0.05) is 6.07 Å². The summed E-state index contributed by atoms with van der Waals surface area (Å²) < 4.78 is 27.7. The molecule has 2 N–H and O–H groups in total. The summed E-state index contributed by atoms with van der Waals surface area (Å²) in [6, 6.07) is 5.13. The average molecular weight is 382 g/mol. The number of carbonyl (C=O) groups is 1. The Labute approximate surface area is 157 Å². The van der Waals surface area contributed by atoms with Gasteiger partial charge < -0.3 is 10.2 Å². The van der Waals surface area contributed by atoms with Crippen LogP contribution in [0.4, 0.5) is 4.79 Å². The maximum atomic E-state index is 12.5. The summed E-state index contributed by atoms with van der Waals surface area (Å²) >= 11 is 0. The Bertz CT molecular complexity index is 746. The first-order valence-electron chi connectivity index (χ1n) is 9.12. The standard InChI is InChI=1S/C19H31N3O3S/c1-14-6-7-17(12-15(14)2)26(24,25)20-13-16-8-10-22(11-9-16)18(23)21-19(3,4)5/h6-7,12,16,20H,8-11,13H2,1-5H3,(H,21,23). The fourth-order valence-corrected chi connectivity index (χ4v) is 4.13. The molecule has 26 heavy (non-hydrogen) atoms. The molecule has 7 heteroatoms. The number of likely N-dealkylation sites (tertiary alicyclic amines) is 1. The zero-order chi connectivity index (χ0) is 19.5. The van der Waals surface area contributed by atoms with Gasteiger partial charge >= 0.3 is 6.03 Å². The van der Waals surface area contributed by atoms with Gasteiger partial charge in [0.05, 0.1) is 4.90 Å². The van der Waals surface area contributed by atoms with Crippen molar-refractivity contribution in [3.63, 3.8) is 0 Å². The Morgan fingerprint density at radius 1 is 1.15 bits per heavy atom. The highest BCUT2D eigenvalue weighted by Crippen LogP contribution is 2.19. The molecule has 0 radical (unpaired) electrons. The van der Waals surface area contributed by atoms with Crippen molar-refractivity contribution in [1.82, 2.24) is 14.9 Å². The molecule has 0 atom stereocenters. The van der Waals surface area contributed by atoms with Gasteiger partial charge in [0.1, 0.15) is 0 Å². The number of piperidine rings is 1. The number of urea groups is 1. The molecule has 1 aliphatic heterocycles. The number of amides is 2. The molecule has 1 fully saturated rings. The number of hydrogen-bond acceptors (Lipinski definition) is 3. The zero-order valence-corrected chi connectivity index (χ0v) is 17.2. The van der Waals surface area contributed by atoms with E-state index in [1.165, 1.54) is 0 Å². The van der Waals surface area contributed by atoms with E-state index < -0.39 is 10.0 Å². The number of rotatable bonds is 4. The minimum Gasteiger partial charge on any atom is -0.333 e. The molecule has 0 spiro atoms. The van der Waals surface area contributed by atoms with Crippen LogP contribution in [0.1, 0.15) is 44.7 Å². The number of sulfonamides is 1. The zero-order valence-electron chi connectivity index (χ0n) is 16.4. The highest BCUT2D eigenvalue weighted by Gasteiger charge is 2.26. The van der Waals surface area contributed by atoms with Gasteiger partial charge in [-0.2, -0.15) is 0 Å². The predicted molar refractivity (Wildman–Crippen MR) is 104 cm³/mol. The number of hydrogen-bond donors (Lipinski definition) is 2. The van der Waals surface area contributed by atoms with Gasteiger partial charge in [0.2, 0.25) is 10.0 Å². The van der Waals surface area contributed by atoms with Crippen molar-refractivity contribution in [3.05, 3.63) is 29.3 Å². The van der Waals surface area contributed by atoms with E-state index in [0.29, 0.717) is 24.5 Å². The SMILES string of the molecule is Cc1ccc(S(=O)(=O)NCC2CCN(C(=O)NC(C)(C)C)CC2)cc1C. The normalized spacial score (nSPS) is 16.6. The second-order valence-electron chi connectivity index (χ2n) is 8.21. The fourth-order valence-electron chi connectivity index (χ4n) is 2.93. The summed E-state index contributed by atoms with van der Waals surface area (Å²) in [5, 5.41) is 2.97. The first kappa shape index (κ1) is 20.7. The largest absolute Gasteiger partial charge is 0.333 e. The van der Waals surface area contributed by atoms with Gasteiger partial charge in [-0.3, -0.25) is 0 Å². The number of carbonyl (C=O) groups excluding carboxylic acids is 1. The van der Waals surface area contributed by atoms with E-state index in [2.05, 4.69) is 10.0 Å². The first-order chi connectivity index (χ1) is 12.0. The van der Waals surface area contributed by atoms with Crippen molar-refractivity contribution in [1.29, 1.82) is 0 Å². The summed E-state index contributed by atoms with van der Waals surface area (Å²) in [5.41, 5.74) is 1.78. The summed E-state index contributed by atoms with van der Waals surface area (Å²) in [4.78, 5) is 14.3. The quantitative estimate of drug-likeness (QED) is 0.842. The molecular formula is C19H31N3O3S. The van der Waals surface area contributed by atoms with Gasteiger partial charge in [0, 0.05) is 25.2 Å². The molecular weight excluding hydrogens is 350 g/mol. The number of nitrogens with zero attached hydrogens (tertiary/aromatic N) is 1. The molecule has 1 saturated heterocycles. The van der Waals surface area contributed by atoms with Crippen LogP contribution in [0.25, 0.3) is 0 Å². The summed E-state index contributed by atoms with van der Waals surface area (Å²) in [5.74, 6) is 0.245. The van der Waals surface area contributed by atoms with E-state index in [4.69, 9.17) is 0 Å². The molecule has 1 aromatic carbocycles. The highest BCUT2D eigenvalue weighted by atomic mass is 32.2. The van der Waals surface area contributed by atoms with E-state index in [9.17, 15) is 13.2 Å². The molecule has 0 saturated carbocycles. The van der Waals surface area contributed by atoms with Crippen molar-refractivity contribution < 1.29 is 13.2 Å². The van der Waals surface area contributed by atoms with Gasteiger partial charge in [-0.25, -0.2) is 17.9 Å². The van der Waals surface area contributed by atoms with Crippen LogP contribution in [0, 0.1) is 19.8 Å². The third kappa shape index (κ3) is 5.71. The molecule has 146 valence electrons. The van der Waals surface area contributed by atoms with E-state index in [-0.39, 0.29) is 17.5 Å². The number of aryl methyl sites for hydroxylation is 2. The van der Waals surface area contributed by atoms with E-state index >= 15 is 0 Å². The van der Waals surface area contributed by atoms with Crippen LogP contribution in [0.3, 0.4) is 0 Å². The number of benzene rings is 1. The Morgan fingerprint density at radius 3 is 2.31 bits per heavy atom. The molecule has 1 aromatic rings. The fraction of sp³-hybridized carbons (Fsp3) is 0.632. The molecule has 0 aliphatic carbocycles. The molecule has 2 amide bonds. The summed E-state index contributed by atoms with van der Waals surface area (Å²) in [6.07, 6.45) is 1.60. The lowest BCUT2D eigenvalue weighted by Gasteiger charge is -2.34. The van der Waals surface area contributed by atoms with Gasteiger partial charge in [-0.05, 0) is 76.6 Å².